The van der Waals surface area contributed by atoms with Gasteiger partial charge < -0.3 is 11.1 Å². The molecule has 0 radical (unpaired) electrons. The van der Waals surface area contributed by atoms with Gasteiger partial charge in [-0.2, -0.15) is 0 Å². The average molecular weight is 262 g/mol. The number of nitrogens with one attached hydrogen (secondary N) is 1. The molecular weight excluding hydrogens is 244 g/mol. The Morgan fingerprint density at radius 1 is 1.44 bits per heavy atom. The number of thiocarbonyl (C=S) groups is 1. The van der Waals surface area contributed by atoms with Crippen LogP contribution in [0.15, 0.2) is 24.3 Å². The van der Waals surface area contributed by atoms with E-state index in [-0.39, 0.29) is 5.91 Å². The molecule has 1 fully saturated rings. The van der Waals surface area contributed by atoms with Crippen molar-refractivity contribution in [2.45, 2.75) is 32.6 Å². The van der Waals surface area contributed by atoms with Gasteiger partial charge >= 0.3 is 0 Å². The Kier molecular flexibility index (Phi) is 3.39. The molecule has 2 rings (SSSR count). The molecule has 0 unspecified atom stereocenters. The van der Waals surface area contributed by atoms with Gasteiger partial charge in [0, 0.05) is 5.69 Å². The Morgan fingerprint density at radius 2 is 2.11 bits per heavy atom. The van der Waals surface area contributed by atoms with E-state index in [0.29, 0.717) is 10.9 Å². The van der Waals surface area contributed by atoms with E-state index >= 15 is 0 Å². The highest BCUT2D eigenvalue weighted by atomic mass is 32.1. The van der Waals surface area contributed by atoms with E-state index in [2.05, 4.69) is 25.2 Å². The predicted molar refractivity (Wildman–Crippen MR) is 77.6 cm³/mol. The molecule has 1 aromatic carbocycles. The van der Waals surface area contributed by atoms with Crippen molar-refractivity contribution in [2.75, 3.05) is 5.32 Å². The summed E-state index contributed by atoms with van der Waals surface area (Å²) >= 11 is 4.97. The van der Waals surface area contributed by atoms with Crippen molar-refractivity contribution in [3.8, 4) is 0 Å². The first-order chi connectivity index (χ1) is 8.45. The summed E-state index contributed by atoms with van der Waals surface area (Å²) in [6.45, 7) is 4.25. The topological polar surface area (TPSA) is 55.1 Å². The molecule has 96 valence electrons. The average Bonchev–Trinajstić information content (AvgIpc) is 3.10. The molecule has 1 amide bonds. The fourth-order valence-electron chi connectivity index (χ4n) is 1.94. The summed E-state index contributed by atoms with van der Waals surface area (Å²) in [6.07, 6.45) is 1.52. The van der Waals surface area contributed by atoms with Crippen LogP contribution in [0.2, 0.25) is 0 Å². The number of amides is 1. The molecule has 0 spiro atoms. The van der Waals surface area contributed by atoms with Gasteiger partial charge in [0.2, 0.25) is 5.91 Å². The molecule has 0 aromatic heterocycles. The van der Waals surface area contributed by atoms with Crippen LogP contribution < -0.4 is 11.1 Å². The molecule has 3 nitrogen and oxygen atoms in total. The van der Waals surface area contributed by atoms with Crippen molar-refractivity contribution >= 4 is 28.8 Å². The molecule has 0 heterocycles. The Labute approximate surface area is 113 Å². The molecule has 1 saturated carbocycles. The lowest BCUT2D eigenvalue weighted by Crippen LogP contribution is -2.35. The highest BCUT2D eigenvalue weighted by Gasteiger charge is 2.52. The molecule has 4 heteroatoms. The zero-order chi connectivity index (χ0) is 13.3. The van der Waals surface area contributed by atoms with Crippen LogP contribution in [0.3, 0.4) is 0 Å². The molecular formula is C14H18N2OS. The molecule has 0 saturated heterocycles. The van der Waals surface area contributed by atoms with E-state index in [1.54, 1.807) is 0 Å². The van der Waals surface area contributed by atoms with E-state index in [4.69, 9.17) is 18.0 Å². The number of hydrogen-bond donors (Lipinski definition) is 2. The summed E-state index contributed by atoms with van der Waals surface area (Å²) in [4.78, 5) is 12.4. The van der Waals surface area contributed by atoms with E-state index in [9.17, 15) is 4.79 Å². The molecule has 0 atom stereocenters. The number of anilines is 1. The largest absolute Gasteiger partial charge is 0.392 e. The van der Waals surface area contributed by atoms with Gasteiger partial charge in [0.25, 0.3) is 0 Å². The quantitative estimate of drug-likeness (QED) is 0.820. The number of benzene rings is 1. The molecule has 18 heavy (non-hydrogen) atoms. The first kappa shape index (κ1) is 13.0. The molecule has 0 bridgehead atoms. The summed E-state index contributed by atoms with van der Waals surface area (Å²) in [5, 5.41) is 2.91. The van der Waals surface area contributed by atoms with Gasteiger partial charge in [0.1, 0.15) is 0 Å². The minimum atomic E-state index is -0.594. The number of rotatable bonds is 4. The summed E-state index contributed by atoms with van der Waals surface area (Å²) in [6, 6.07) is 7.89. The van der Waals surface area contributed by atoms with Crippen LogP contribution in [0, 0.1) is 5.41 Å². The van der Waals surface area contributed by atoms with Crippen molar-refractivity contribution < 1.29 is 4.79 Å². The Morgan fingerprint density at radius 3 is 2.61 bits per heavy atom. The maximum absolute atomic E-state index is 12.1. The van der Waals surface area contributed by atoms with Crippen LogP contribution in [0.5, 0.6) is 0 Å². The van der Waals surface area contributed by atoms with Crippen LogP contribution in [0.1, 0.15) is 38.2 Å². The van der Waals surface area contributed by atoms with Crippen molar-refractivity contribution in [2.24, 2.45) is 11.1 Å². The van der Waals surface area contributed by atoms with Crippen molar-refractivity contribution in [3.05, 3.63) is 29.8 Å². The van der Waals surface area contributed by atoms with Crippen LogP contribution in [-0.4, -0.2) is 10.9 Å². The molecule has 0 aliphatic heterocycles. The number of carbonyl (C=O) groups is 1. The van der Waals surface area contributed by atoms with Gasteiger partial charge in [-0.3, -0.25) is 4.79 Å². The van der Waals surface area contributed by atoms with E-state index in [1.807, 2.05) is 18.2 Å². The van der Waals surface area contributed by atoms with Gasteiger partial charge in [-0.1, -0.05) is 38.2 Å². The fourth-order valence-corrected chi connectivity index (χ4v) is 2.23. The monoisotopic (exact) mass is 262 g/mol. The van der Waals surface area contributed by atoms with Crippen molar-refractivity contribution in [1.82, 2.24) is 0 Å². The Balaban J connectivity index is 2.13. The highest BCUT2D eigenvalue weighted by molar-refractivity contribution is 7.80. The van der Waals surface area contributed by atoms with Gasteiger partial charge in [0.05, 0.1) is 10.4 Å². The lowest BCUT2D eigenvalue weighted by molar-refractivity contribution is -0.118. The van der Waals surface area contributed by atoms with Crippen LogP contribution in [-0.2, 0) is 4.79 Å². The van der Waals surface area contributed by atoms with Crippen LogP contribution in [0.4, 0.5) is 5.69 Å². The maximum Gasteiger partial charge on any atom is 0.237 e. The third kappa shape index (κ3) is 2.38. The van der Waals surface area contributed by atoms with Gasteiger partial charge in [-0.15, -0.1) is 0 Å². The lowest BCUT2D eigenvalue weighted by atomic mass is 10.0. The van der Waals surface area contributed by atoms with E-state index < -0.39 is 5.41 Å². The van der Waals surface area contributed by atoms with Gasteiger partial charge in [-0.05, 0) is 36.5 Å². The minimum absolute atomic E-state index is 0.0732. The van der Waals surface area contributed by atoms with Crippen molar-refractivity contribution in [1.29, 1.82) is 0 Å². The SMILES string of the molecule is CC(C)c1cccc(NC(=O)C2(C(N)=S)CC2)c1. The lowest BCUT2D eigenvalue weighted by Gasteiger charge is -2.14. The molecule has 1 aromatic rings. The summed E-state index contributed by atoms with van der Waals surface area (Å²) in [5.74, 6) is 0.364. The zero-order valence-electron chi connectivity index (χ0n) is 10.7. The predicted octanol–water partition coefficient (Wildman–Crippen LogP) is 2.81. The highest BCUT2D eigenvalue weighted by Crippen LogP contribution is 2.46. The minimum Gasteiger partial charge on any atom is -0.392 e. The number of hydrogen-bond acceptors (Lipinski definition) is 2. The maximum atomic E-state index is 12.1. The zero-order valence-corrected chi connectivity index (χ0v) is 11.5. The molecule has 1 aliphatic rings. The van der Waals surface area contributed by atoms with E-state index in [0.717, 1.165) is 18.5 Å². The first-order valence-electron chi connectivity index (χ1n) is 6.17. The second-order valence-electron chi connectivity index (χ2n) is 5.18. The van der Waals surface area contributed by atoms with Crippen LogP contribution in [0.25, 0.3) is 0 Å². The third-order valence-electron chi connectivity index (χ3n) is 3.47. The Hall–Kier alpha value is -1.42. The van der Waals surface area contributed by atoms with Gasteiger partial charge in [0.15, 0.2) is 0 Å². The fraction of sp³-hybridized carbons (Fsp3) is 0.429. The van der Waals surface area contributed by atoms with E-state index in [1.165, 1.54) is 5.56 Å². The number of nitrogens with two attached hydrogens (primary N) is 1. The second-order valence-corrected chi connectivity index (χ2v) is 5.62. The van der Waals surface area contributed by atoms with Crippen molar-refractivity contribution in [3.63, 3.8) is 0 Å². The molecule has 1 aliphatic carbocycles. The van der Waals surface area contributed by atoms with Gasteiger partial charge in [-0.25, -0.2) is 0 Å². The summed E-state index contributed by atoms with van der Waals surface area (Å²) in [5.41, 5.74) is 7.06. The second kappa shape index (κ2) is 4.69. The summed E-state index contributed by atoms with van der Waals surface area (Å²) < 4.78 is 0. The summed E-state index contributed by atoms with van der Waals surface area (Å²) in [7, 11) is 0. The normalized spacial score (nSPS) is 16.4. The first-order valence-corrected chi connectivity index (χ1v) is 6.58. The smallest absolute Gasteiger partial charge is 0.237 e. The third-order valence-corrected chi connectivity index (χ3v) is 3.86. The van der Waals surface area contributed by atoms with Crippen LogP contribution >= 0.6 is 12.2 Å². The number of carbonyl (C=O) groups excluding carboxylic acids is 1. The molecule has 3 N–H and O–H groups in total. The Bertz CT molecular complexity index is 492. The standard InChI is InChI=1S/C14H18N2OS/c1-9(2)10-4-3-5-11(8-10)16-13(17)14(6-7-14)12(15)18/h3-5,8-9H,6-7H2,1-2H3,(H2,15,18)(H,16,17).